The highest BCUT2D eigenvalue weighted by Crippen LogP contribution is 2.31. The molecule has 0 aliphatic rings. The second-order valence-corrected chi connectivity index (χ2v) is 7.26. The molecule has 0 aliphatic heterocycles. The number of carbonyl (C=O) groups is 1. The second kappa shape index (κ2) is 8.35. The Morgan fingerprint density at radius 1 is 1.11 bits per heavy atom. The number of para-hydroxylation sites is 1. The number of halogens is 1. The van der Waals surface area contributed by atoms with E-state index in [-0.39, 0.29) is 6.42 Å². The second-order valence-electron chi connectivity index (χ2n) is 6.85. The highest BCUT2D eigenvalue weighted by atomic mass is 35.5. The first-order valence-electron chi connectivity index (χ1n) is 8.94. The maximum Gasteiger partial charge on any atom is 0.305 e. The van der Waals surface area contributed by atoms with Crippen LogP contribution in [0.4, 0.5) is 5.82 Å². The number of anilines is 1. The number of aromatic nitrogens is 2. The van der Waals surface area contributed by atoms with Gasteiger partial charge in [-0.15, -0.1) is 0 Å². The van der Waals surface area contributed by atoms with Crippen LogP contribution < -0.4 is 4.90 Å². The molecule has 5 nitrogen and oxygen atoms in total. The summed E-state index contributed by atoms with van der Waals surface area (Å²) in [6.45, 7) is 5.30. The van der Waals surface area contributed by atoms with Gasteiger partial charge in [-0.05, 0) is 30.2 Å². The van der Waals surface area contributed by atoms with E-state index in [9.17, 15) is 4.79 Å². The van der Waals surface area contributed by atoms with Crippen molar-refractivity contribution in [1.82, 2.24) is 9.97 Å². The largest absolute Gasteiger partial charge is 0.481 e. The third-order valence-electron chi connectivity index (χ3n) is 4.18. The number of carboxylic acids is 1. The molecule has 3 aromatic rings. The van der Waals surface area contributed by atoms with Gasteiger partial charge < -0.3 is 10.0 Å². The Hall–Kier alpha value is -2.66. The number of hydrogen-bond acceptors (Lipinski definition) is 4. The number of rotatable bonds is 7. The Kier molecular flexibility index (Phi) is 5.91. The molecule has 1 aromatic heterocycles. The van der Waals surface area contributed by atoms with Crippen LogP contribution in [0.15, 0.2) is 48.5 Å². The highest BCUT2D eigenvalue weighted by Gasteiger charge is 2.18. The van der Waals surface area contributed by atoms with E-state index in [4.69, 9.17) is 21.7 Å². The van der Waals surface area contributed by atoms with E-state index in [1.54, 1.807) is 0 Å². The molecule has 1 heterocycles. The zero-order chi connectivity index (χ0) is 19.4. The van der Waals surface area contributed by atoms with Gasteiger partial charge in [-0.1, -0.05) is 49.7 Å². The first kappa shape index (κ1) is 19.1. The minimum Gasteiger partial charge on any atom is -0.481 e. The zero-order valence-corrected chi connectivity index (χ0v) is 16.1. The van der Waals surface area contributed by atoms with Crippen molar-refractivity contribution < 1.29 is 9.90 Å². The third-order valence-corrected chi connectivity index (χ3v) is 4.51. The number of hydrogen-bond donors (Lipinski definition) is 1. The van der Waals surface area contributed by atoms with Gasteiger partial charge in [0.25, 0.3) is 0 Å². The van der Waals surface area contributed by atoms with Crippen molar-refractivity contribution in [2.45, 2.75) is 20.3 Å². The highest BCUT2D eigenvalue weighted by molar-refractivity contribution is 6.33. The molecule has 0 atom stereocenters. The maximum absolute atomic E-state index is 11.1. The van der Waals surface area contributed by atoms with Crippen molar-refractivity contribution in [3.63, 3.8) is 0 Å². The van der Waals surface area contributed by atoms with Crippen LogP contribution in [0.3, 0.4) is 0 Å². The predicted molar refractivity (Wildman–Crippen MR) is 109 cm³/mol. The molecule has 27 heavy (non-hydrogen) atoms. The molecule has 0 fully saturated rings. The van der Waals surface area contributed by atoms with Crippen LogP contribution >= 0.6 is 11.6 Å². The van der Waals surface area contributed by atoms with E-state index in [1.807, 2.05) is 53.4 Å². The fraction of sp³-hybridized carbons (Fsp3) is 0.286. The lowest BCUT2D eigenvalue weighted by Gasteiger charge is -2.26. The van der Waals surface area contributed by atoms with Crippen molar-refractivity contribution in [3.8, 4) is 11.4 Å². The SMILES string of the molecule is CC(C)CN(CCC(=O)O)c1nc(-c2ccccc2Cl)nc2ccccc12. The number of fused-ring (bicyclic) bond motifs is 1. The van der Waals surface area contributed by atoms with E-state index >= 15 is 0 Å². The molecule has 0 aliphatic carbocycles. The van der Waals surface area contributed by atoms with E-state index in [0.717, 1.165) is 22.3 Å². The number of carboxylic acid groups (broad SMARTS) is 1. The molecule has 0 spiro atoms. The van der Waals surface area contributed by atoms with E-state index in [0.29, 0.717) is 29.9 Å². The lowest BCUT2D eigenvalue weighted by Crippen LogP contribution is -2.31. The van der Waals surface area contributed by atoms with E-state index < -0.39 is 5.97 Å². The van der Waals surface area contributed by atoms with Gasteiger partial charge in [0.2, 0.25) is 0 Å². The molecule has 0 saturated carbocycles. The first-order chi connectivity index (χ1) is 13.0. The van der Waals surface area contributed by atoms with Gasteiger partial charge in [0.1, 0.15) is 5.82 Å². The average molecular weight is 384 g/mol. The standard InChI is InChI=1S/C21H22ClN3O2/c1-14(2)13-25(12-11-19(26)27)21-16-8-4-6-10-18(16)23-20(24-21)15-7-3-5-9-17(15)22/h3-10,14H,11-13H2,1-2H3,(H,26,27). The van der Waals surface area contributed by atoms with Crippen LogP contribution in [-0.2, 0) is 4.79 Å². The molecular weight excluding hydrogens is 362 g/mol. The minimum atomic E-state index is -0.826. The summed E-state index contributed by atoms with van der Waals surface area (Å²) < 4.78 is 0. The number of nitrogens with zero attached hydrogens (tertiary/aromatic N) is 3. The van der Waals surface area contributed by atoms with Gasteiger partial charge in [0.15, 0.2) is 5.82 Å². The van der Waals surface area contributed by atoms with Crippen LogP contribution in [0.1, 0.15) is 20.3 Å². The summed E-state index contributed by atoms with van der Waals surface area (Å²) in [6, 6.07) is 15.2. The van der Waals surface area contributed by atoms with Gasteiger partial charge in [0.05, 0.1) is 17.0 Å². The quantitative estimate of drug-likeness (QED) is 0.629. The van der Waals surface area contributed by atoms with Crippen molar-refractivity contribution >= 4 is 34.3 Å². The first-order valence-corrected chi connectivity index (χ1v) is 9.32. The van der Waals surface area contributed by atoms with Crippen molar-refractivity contribution in [3.05, 3.63) is 53.6 Å². The summed E-state index contributed by atoms with van der Waals surface area (Å²) >= 11 is 6.36. The van der Waals surface area contributed by atoms with Gasteiger partial charge in [0, 0.05) is 24.0 Å². The Morgan fingerprint density at radius 2 is 1.81 bits per heavy atom. The monoisotopic (exact) mass is 383 g/mol. The molecule has 6 heteroatoms. The van der Waals surface area contributed by atoms with Crippen LogP contribution in [0.2, 0.25) is 5.02 Å². The van der Waals surface area contributed by atoms with Crippen LogP contribution in [-0.4, -0.2) is 34.1 Å². The number of aliphatic carboxylic acids is 1. The Bertz CT molecular complexity index is 959. The fourth-order valence-corrected chi connectivity index (χ4v) is 3.24. The molecule has 0 unspecified atom stereocenters. The summed E-state index contributed by atoms with van der Waals surface area (Å²) in [5.41, 5.74) is 1.57. The van der Waals surface area contributed by atoms with E-state index in [1.165, 1.54) is 0 Å². The number of benzene rings is 2. The summed E-state index contributed by atoms with van der Waals surface area (Å²) in [5, 5.41) is 10.6. The Balaban J connectivity index is 2.16. The van der Waals surface area contributed by atoms with Gasteiger partial charge in [-0.25, -0.2) is 9.97 Å². The van der Waals surface area contributed by atoms with E-state index in [2.05, 4.69) is 18.8 Å². The molecule has 0 radical (unpaired) electrons. The van der Waals surface area contributed by atoms with Crippen molar-refractivity contribution in [1.29, 1.82) is 0 Å². The third kappa shape index (κ3) is 4.55. The van der Waals surface area contributed by atoms with Gasteiger partial charge in [-0.2, -0.15) is 0 Å². The maximum atomic E-state index is 11.1. The Morgan fingerprint density at radius 3 is 2.52 bits per heavy atom. The summed E-state index contributed by atoms with van der Waals surface area (Å²) in [5.74, 6) is 0.814. The predicted octanol–water partition coefficient (Wildman–Crippen LogP) is 4.89. The average Bonchev–Trinajstić information content (AvgIpc) is 2.64. The lowest BCUT2D eigenvalue weighted by atomic mass is 10.1. The topological polar surface area (TPSA) is 66.3 Å². The molecule has 2 aromatic carbocycles. The molecule has 3 rings (SSSR count). The normalized spacial score (nSPS) is 11.1. The van der Waals surface area contributed by atoms with Crippen LogP contribution in [0.5, 0.6) is 0 Å². The lowest BCUT2D eigenvalue weighted by molar-refractivity contribution is -0.136. The molecule has 0 bridgehead atoms. The fourth-order valence-electron chi connectivity index (χ4n) is 3.02. The molecule has 1 N–H and O–H groups in total. The summed E-state index contributed by atoms with van der Waals surface area (Å²) in [7, 11) is 0. The summed E-state index contributed by atoms with van der Waals surface area (Å²) in [4.78, 5) is 22.7. The molecule has 0 saturated heterocycles. The van der Waals surface area contributed by atoms with Gasteiger partial charge >= 0.3 is 5.97 Å². The minimum absolute atomic E-state index is 0.0481. The van der Waals surface area contributed by atoms with Crippen LogP contribution in [0.25, 0.3) is 22.3 Å². The smallest absolute Gasteiger partial charge is 0.305 e. The zero-order valence-electron chi connectivity index (χ0n) is 15.4. The Labute approximate surface area is 163 Å². The summed E-state index contributed by atoms with van der Waals surface area (Å²) in [6.07, 6.45) is 0.0481. The molecule has 0 amide bonds. The van der Waals surface area contributed by atoms with Crippen LogP contribution in [0, 0.1) is 5.92 Å². The van der Waals surface area contributed by atoms with Crippen molar-refractivity contribution in [2.24, 2.45) is 5.92 Å². The van der Waals surface area contributed by atoms with Crippen molar-refractivity contribution in [2.75, 3.05) is 18.0 Å². The molecular formula is C21H22ClN3O2. The van der Waals surface area contributed by atoms with Gasteiger partial charge in [-0.3, -0.25) is 4.79 Å². The molecule has 140 valence electrons.